The third kappa shape index (κ3) is 3.55. The van der Waals surface area contributed by atoms with E-state index < -0.39 is 0 Å². The van der Waals surface area contributed by atoms with Gasteiger partial charge in [-0.15, -0.1) is 0 Å². The smallest absolute Gasteiger partial charge is 0.252 e. The average molecular weight is 372 g/mol. The van der Waals surface area contributed by atoms with Crippen molar-refractivity contribution in [1.82, 2.24) is 24.5 Å². The van der Waals surface area contributed by atoms with Crippen LogP contribution in [0.2, 0.25) is 5.02 Å². The van der Waals surface area contributed by atoms with Crippen LogP contribution in [-0.2, 0) is 11.2 Å². The molecule has 0 aliphatic heterocycles. The van der Waals surface area contributed by atoms with E-state index in [0.717, 1.165) is 22.5 Å². The molecule has 0 fully saturated rings. The minimum absolute atomic E-state index is 0.0423. The largest absolute Gasteiger partial charge is 0.339 e. The molecule has 1 amide bonds. The monoisotopic (exact) mass is 371 g/mol. The van der Waals surface area contributed by atoms with Gasteiger partial charge in [0.15, 0.2) is 0 Å². The van der Waals surface area contributed by atoms with Gasteiger partial charge in [0.2, 0.25) is 5.91 Å². The van der Waals surface area contributed by atoms with Crippen LogP contribution in [0.1, 0.15) is 41.9 Å². The van der Waals surface area contributed by atoms with Crippen molar-refractivity contribution >= 4 is 23.3 Å². The third-order valence-corrected chi connectivity index (χ3v) is 5.12. The fraction of sp³-hybridized carbons (Fsp3) is 0.368. The van der Waals surface area contributed by atoms with Crippen molar-refractivity contribution in [3.05, 3.63) is 58.1 Å². The van der Waals surface area contributed by atoms with Crippen LogP contribution >= 0.6 is 11.6 Å². The maximum Gasteiger partial charge on any atom is 0.252 e. The number of aromatic nitrogens is 4. The molecule has 1 unspecified atom stereocenters. The molecule has 26 heavy (non-hydrogen) atoms. The number of amides is 1. The molecule has 0 aliphatic carbocycles. The molecule has 0 saturated carbocycles. The molecule has 0 saturated heterocycles. The van der Waals surface area contributed by atoms with Crippen LogP contribution in [0.4, 0.5) is 0 Å². The summed E-state index contributed by atoms with van der Waals surface area (Å²) in [4.78, 5) is 23.0. The number of aryl methyl sites for hydroxylation is 2. The molecule has 1 atom stereocenters. The predicted molar refractivity (Wildman–Crippen MR) is 101 cm³/mol. The Balaban J connectivity index is 1.72. The van der Waals surface area contributed by atoms with Gasteiger partial charge in [-0.3, -0.25) is 4.79 Å². The van der Waals surface area contributed by atoms with Gasteiger partial charge in [0, 0.05) is 29.9 Å². The summed E-state index contributed by atoms with van der Waals surface area (Å²) in [5.74, 6) is 0.664. The zero-order chi connectivity index (χ0) is 18.8. The fourth-order valence-electron chi connectivity index (χ4n) is 3.13. The highest BCUT2D eigenvalue weighted by molar-refractivity contribution is 6.30. The molecule has 3 aromatic rings. The van der Waals surface area contributed by atoms with Crippen LogP contribution in [0.3, 0.4) is 0 Å². The molecule has 0 spiro atoms. The number of carbonyl (C=O) groups excluding carboxylic acids is 1. The van der Waals surface area contributed by atoms with Crippen molar-refractivity contribution in [2.75, 3.05) is 7.05 Å². The van der Waals surface area contributed by atoms with Gasteiger partial charge in [0.05, 0.1) is 6.04 Å². The van der Waals surface area contributed by atoms with Gasteiger partial charge < -0.3 is 4.90 Å². The molecule has 2 heterocycles. The molecule has 6 nitrogen and oxygen atoms in total. The number of rotatable bonds is 5. The van der Waals surface area contributed by atoms with E-state index >= 15 is 0 Å². The second kappa shape index (κ2) is 7.41. The molecule has 7 heteroatoms. The van der Waals surface area contributed by atoms with E-state index in [1.54, 1.807) is 9.42 Å². The Labute approximate surface area is 157 Å². The van der Waals surface area contributed by atoms with Gasteiger partial charge in [0.25, 0.3) is 5.78 Å². The summed E-state index contributed by atoms with van der Waals surface area (Å²) in [6, 6.07) is 7.57. The Morgan fingerprint density at radius 1 is 1.35 bits per heavy atom. The number of nitrogens with zero attached hydrogens (tertiary/aromatic N) is 5. The zero-order valence-corrected chi connectivity index (χ0v) is 16.2. The highest BCUT2D eigenvalue weighted by Crippen LogP contribution is 2.23. The predicted octanol–water partition coefficient (Wildman–Crippen LogP) is 3.55. The van der Waals surface area contributed by atoms with Crippen LogP contribution in [0.25, 0.3) is 5.78 Å². The number of carbonyl (C=O) groups is 1. The fourth-order valence-corrected chi connectivity index (χ4v) is 3.33. The topological polar surface area (TPSA) is 63.4 Å². The average Bonchev–Trinajstić information content (AvgIpc) is 3.08. The first-order chi connectivity index (χ1) is 12.4. The van der Waals surface area contributed by atoms with Gasteiger partial charge >= 0.3 is 0 Å². The lowest BCUT2D eigenvalue weighted by atomic mass is 10.0. The molecular formula is C19H22ClN5O. The highest BCUT2D eigenvalue weighted by Gasteiger charge is 2.19. The summed E-state index contributed by atoms with van der Waals surface area (Å²) in [6.45, 7) is 5.93. The molecule has 0 N–H and O–H groups in total. The summed E-state index contributed by atoms with van der Waals surface area (Å²) in [7, 11) is 1.83. The molecule has 1 aromatic carbocycles. The Morgan fingerprint density at radius 2 is 2.12 bits per heavy atom. The van der Waals surface area contributed by atoms with E-state index in [1.807, 2.05) is 52.1 Å². The lowest BCUT2D eigenvalue weighted by Crippen LogP contribution is -2.30. The van der Waals surface area contributed by atoms with Gasteiger partial charge in [-0.25, -0.2) is 9.50 Å². The number of fused-ring (bicyclic) bond motifs is 1. The molecule has 136 valence electrons. The summed E-state index contributed by atoms with van der Waals surface area (Å²) in [6.07, 6.45) is 2.51. The first kappa shape index (κ1) is 18.3. The van der Waals surface area contributed by atoms with Crippen molar-refractivity contribution in [3.63, 3.8) is 0 Å². The maximum atomic E-state index is 12.7. The summed E-state index contributed by atoms with van der Waals surface area (Å²) in [5.41, 5.74) is 3.93. The number of benzene rings is 1. The van der Waals surface area contributed by atoms with E-state index in [4.69, 9.17) is 11.6 Å². The summed E-state index contributed by atoms with van der Waals surface area (Å²) in [5, 5.41) is 4.87. The molecule has 3 rings (SSSR count). The van der Waals surface area contributed by atoms with Gasteiger partial charge in [0.1, 0.15) is 6.33 Å². The Bertz CT molecular complexity index is 952. The molecule has 0 aliphatic rings. The minimum atomic E-state index is -0.0423. The van der Waals surface area contributed by atoms with Gasteiger partial charge in [-0.2, -0.15) is 10.1 Å². The second-order valence-electron chi connectivity index (χ2n) is 6.47. The molecular weight excluding hydrogens is 350 g/mol. The van der Waals surface area contributed by atoms with Gasteiger partial charge in [-0.1, -0.05) is 23.7 Å². The molecule has 0 radical (unpaired) electrons. The quantitative estimate of drug-likeness (QED) is 0.688. The van der Waals surface area contributed by atoms with E-state index in [9.17, 15) is 4.79 Å². The maximum absolute atomic E-state index is 12.7. The van der Waals surface area contributed by atoms with Crippen molar-refractivity contribution in [1.29, 1.82) is 0 Å². The first-order valence-electron chi connectivity index (χ1n) is 8.55. The molecule has 0 bridgehead atoms. The van der Waals surface area contributed by atoms with Gasteiger partial charge in [-0.05, 0) is 50.5 Å². The number of hydrogen-bond donors (Lipinski definition) is 0. The van der Waals surface area contributed by atoms with E-state index in [-0.39, 0.29) is 11.9 Å². The normalized spacial score (nSPS) is 12.3. The Kier molecular flexibility index (Phi) is 5.23. The number of halogens is 1. The lowest BCUT2D eigenvalue weighted by Gasteiger charge is -2.26. The summed E-state index contributed by atoms with van der Waals surface area (Å²) < 4.78 is 1.71. The first-order valence-corrected chi connectivity index (χ1v) is 8.93. The highest BCUT2D eigenvalue weighted by atomic mass is 35.5. The van der Waals surface area contributed by atoms with Crippen LogP contribution in [0.15, 0.2) is 30.6 Å². The van der Waals surface area contributed by atoms with Crippen LogP contribution < -0.4 is 0 Å². The minimum Gasteiger partial charge on any atom is -0.339 e. The van der Waals surface area contributed by atoms with E-state index in [0.29, 0.717) is 23.6 Å². The second-order valence-corrected chi connectivity index (χ2v) is 6.91. The molecule has 2 aromatic heterocycles. The van der Waals surface area contributed by atoms with Crippen LogP contribution in [0.5, 0.6) is 0 Å². The zero-order valence-electron chi connectivity index (χ0n) is 15.4. The lowest BCUT2D eigenvalue weighted by molar-refractivity contribution is -0.131. The number of hydrogen-bond acceptors (Lipinski definition) is 4. The van der Waals surface area contributed by atoms with Crippen molar-refractivity contribution in [2.45, 2.75) is 39.7 Å². The third-order valence-electron chi connectivity index (χ3n) is 4.88. The SMILES string of the molecule is Cc1nc2ncnn2c(C)c1CCC(=O)N(C)C(C)c1cccc(Cl)c1. The van der Waals surface area contributed by atoms with Crippen molar-refractivity contribution in [3.8, 4) is 0 Å². The van der Waals surface area contributed by atoms with Crippen LogP contribution in [0, 0.1) is 13.8 Å². The Hall–Kier alpha value is -2.47. The van der Waals surface area contributed by atoms with E-state index in [1.165, 1.54) is 6.33 Å². The van der Waals surface area contributed by atoms with Crippen molar-refractivity contribution in [2.24, 2.45) is 0 Å². The standard InChI is InChI=1S/C19H22ClN5O/c1-12-17(14(3)25-19(23-12)21-11-22-25)8-9-18(26)24(4)13(2)15-6-5-7-16(20)10-15/h5-7,10-11,13H,8-9H2,1-4H3. The Morgan fingerprint density at radius 3 is 2.85 bits per heavy atom. The van der Waals surface area contributed by atoms with E-state index in [2.05, 4.69) is 15.1 Å². The summed E-state index contributed by atoms with van der Waals surface area (Å²) >= 11 is 6.06. The van der Waals surface area contributed by atoms with Crippen molar-refractivity contribution < 1.29 is 4.79 Å². The van der Waals surface area contributed by atoms with Crippen LogP contribution in [-0.4, -0.2) is 37.4 Å².